The largest absolute Gasteiger partial charge is 0.318 e. The first-order valence-corrected chi connectivity index (χ1v) is 8.81. The number of fused-ring (bicyclic) bond motifs is 1. The number of aromatic nitrogens is 1. The highest BCUT2D eigenvalue weighted by Gasteiger charge is 2.37. The zero-order valence-electron chi connectivity index (χ0n) is 14.9. The molecule has 1 aliphatic heterocycles. The highest BCUT2D eigenvalue weighted by molar-refractivity contribution is 6.03. The number of nitrogens with zero attached hydrogens (tertiary/aromatic N) is 2. The molecule has 0 aliphatic carbocycles. The van der Waals surface area contributed by atoms with E-state index in [0.717, 1.165) is 16.7 Å². The number of nitrogens with one attached hydrogen (secondary N) is 1. The lowest BCUT2D eigenvalue weighted by Crippen LogP contribution is -2.37. The number of carbonyl (C=O) groups excluding carboxylic acids is 2. The van der Waals surface area contributed by atoms with Crippen molar-refractivity contribution in [1.82, 2.24) is 9.88 Å². The smallest absolute Gasteiger partial charge is 0.255 e. The monoisotopic (exact) mass is 357 g/mol. The minimum Gasteiger partial charge on any atom is -0.318 e. The molecule has 2 aromatic carbocycles. The fourth-order valence-corrected chi connectivity index (χ4v) is 3.33. The third-order valence-electron chi connectivity index (χ3n) is 4.69. The van der Waals surface area contributed by atoms with Crippen LogP contribution in [0.25, 0.3) is 0 Å². The number of benzene rings is 2. The lowest BCUT2D eigenvalue weighted by molar-refractivity contribution is -0.120. The van der Waals surface area contributed by atoms with Crippen LogP contribution in [0.5, 0.6) is 0 Å². The normalized spacial score (nSPS) is 14.0. The summed E-state index contributed by atoms with van der Waals surface area (Å²) in [5.74, 6) is 0.0564. The summed E-state index contributed by atoms with van der Waals surface area (Å²) in [6.45, 7) is 2.34. The predicted molar refractivity (Wildman–Crippen MR) is 103 cm³/mol. The van der Waals surface area contributed by atoms with Crippen molar-refractivity contribution < 1.29 is 9.59 Å². The lowest BCUT2D eigenvalue weighted by Gasteiger charge is -2.27. The Kier molecular flexibility index (Phi) is 4.42. The van der Waals surface area contributed by atoms with Gasteiger partial charge < -0.3 is 10.2 Å². The van der Waals surface area contributed by atoms with Gasteiger partial charge in [-0.15, -0.1) is 0 Å². The van der Waals surface area contributed by atoms with Gasteiger partial charge in [0.25, 0.3) is 11.8 Å². The van der Waals surface area contributed by atoms with E-state index < -0.39 is 6.04 Å². The number of hydrogen-bond acceptors (Lipinski definition) is 3. The van der Waals surface area contributed by atoms with E-state index in [4.69, 9.17) is 0 Å². The van der Waals surface area contributed by atoms with Crippen molar-refractivity contribution in [1.29, 1.82) is 0 Å². The van der Waals surface area contributed by atoms with Crippen LogP contribution >= 0.6 is 0 Å². The molecule has 4 rings (SSSR count). The summed E-state index contributed by atoms with van der Waals surface area (Å²) in [5.41, 5.74) is 3.37. The van der Waals surface area contributed by atoms with Gasteiger partial charge in [0, 0.05) is 18.3 Å². The first-order valence-electron chi connectivity index (χ1n) is 8.81. The van der Waals surface area contributed by atoms with Crippen LogP contribution in [0.15, 0.2) is 72.9 Å². The summed E-state index contributed by atoms with van der Waals surface area (Å²) in [6.07, 6.45) is 1.70. The number of amides is 2. The second-order valence-corrected chi connectivity index (χ2v) is 6.61. The standard InChI is InChI=1S/C22H19N3O2/c1-15-11-12-19(23-13-15)24-21(26)20(16-7-3-2-4-8-16)25-14-17-9-5-6-10-18(17)22(25)27/h2-13,20H,14H2,1H3,(H,23,24,26). The zero-order chi connectivity index (χ0) is 18.8. The third-order valence-corrected chi connectivity index (χ3v) is 4.69. The highest BCUT2D eigenvalue weighted by Crippen LogP contribution is 2.32. The minimum absolute atomic E-state index is 0.133. The Labute approximate surface area is 157 Å². The molecular formula is C22H19N3O2. The molecule has 0 spiro atoms. The highest BCUT2D eigenvalue weighted by atomic mass is 16.2. The summed E-state index contributed by atoms with van der Waals surface area (Å²) in [6, 6.07) is 19.8. The molecule has 27 heavy (non-hydrogen) atoms. The molecule has 5 heteroatoms. The van der Waals surface area contributed by atoms with Crippen molar-refractivity contribution in [2.45, 2.75) is 19.5 Å². The molecule has 1 aromatic heterocycles. The Morgan fingerprint density at radius 3 is 2.48 bits per heavy atom. The predicted octanol–water partition coefficient (Wildman–Crippen LogP) is 3.73. The number of hydrogen-bond donors (Lipinski definition) is 1. The van der Waals surface area contributed by atoms with E-state index in [1.54, 1.807) is 23.2 Å². The van der Waals surface area contributed by atoms with Crippen LogP contribution < -0.4 is 5.32 Å². The van der Waals surface area contributed by atoms with Gasteiger partial charge in [-0.05, 0) is 35.7 Å². The third kappa shape index (κ3) is 3.31. The summed E-state index contributed by atoms with van der Waals surface area (Å²) in [5, 5.41) is 2.85. The Morgan fingerprint density at radius 1 is 1.04 bits per heavy atom. The maximum atomic E-state index is 13.1. The first kappa shape index (κ1) is 17.0. The van der Waals surface area contributed by atoms with Gasteiger partial charge in [0.15, 0.2) is 0 Å². The SMILES string of the molecule is Cc1ccc(NC(=O)C(c2ccccc2)N2Cc3ccccc3C2=O)nc1. The molecule has 0 fully saturated rings. The van der Waals surface area contributed by atoms with Gasteiger partial charge in [0.1, 0.15) is 11.9 Å². The maximum absolute atomic E-state index is 13.1. The van der Waals surface area contributed by atoms with Gasteiger partial charge in [0.2, 0.25) is 0 Å². The molecule has 0 radical (unpaired) electrons. The molecule has 5 nitrogen and oxygen atoms in total. The van der Waals surface area contributed by atoms with Crippen LogP contribution in [0.4, 0.5) is 5.82 Å². The fourth-order valence-electron chi connectivity index (χ4n) is 3.33. The van der Waals surface area contributed by atoms with Gasteiger partial charge in [-0.25, -0.2) is 4.98 Å². The number of carbonyl (C=O) groups is 2. The van der Waals surface area contributed by atoms with Crippen molar-refractivity contribution in [3.05, 3.63) is 95.2 Å². The van der Waals surface area contributed by atoms with E-state index in [0.29, 0.717) is 17.9 Å². The Hall–Kier alpha value is -3.47. The van der Waals surface area contributed by atoms with E-state index in [-0.39, 0.29) is 11.8 Å². The van der Waals surface area contributed by atoms with Gasteiger partial charge in [-0.1, -0.05) is 54.6 Å². The van der Waals surface area contributed by atoms with E-state index in [1.165, 1.54) is 0 Å². The average Bonchev–Trinajstić information content (AvgIpc) is 3.01. The molecule has 0 saturated carbocycles. The first-order chi connectivity index (χ1) is 13.1. The molecule has 1 N–H and O–H groups in total. The van der Waals surface area contributed by atoms with Crippen LogP contribution in [0, 0.1) is 6.92 Å². The van der Waals surface area contributed by atoms with Crippen molar-refractivity contribution in [3.8, 4) is 0 Å². The number of pyridine rings is 1. The van der Waals surface area contributed by atoms with Crippen molar-refractivity contribution in [2.75, 3.05) is 5.32 Å². The quantitative estimate of drug-likeness (QED) is 0.774. The zero-order valence-corrected chi connectivity index (χ0v) is 14.9. The second kappa shape index (κ2) is 7.03. The fraction of sp³-hybridized carbons (Fsp3) is 0.136. The van der Waals surface area contributed by atoms with Gasteiger partial charge in [-0.3, -0.25) is 9.59 Å². The number of anilines is 1. The molecule has 1 atom stereocenters. The van der Waals surface area contributed by atoms with Gasteiger partial charge >= 0.3 is 0 Å². The Morgan fingerprint density at radius 2 is 1.78 bits per heavy atom. The molecule has 2 amide bonds. The van der Waals surface area contributed by atoms with Crippen LogP contribution in [0.2, 0.25) is 0 Å². The van der Waals surface area contributed by atoms with Gasteiger partial charge in [0.05, 0.1) is 0 Å². The molecule has 2 heterocycles. The Bertz CT molecular complexity index is 984. The maximum Gasteiger partial charge on any atom is 0.255 e. The second-order valence-electron chi connectivity index (χ2n) is 6.61. The van der Waals surface area contributed by atoms with E-state index in [2.05, 4.69) is 10.3 Å². The summed E-state index contributed by atoms with van der Waals surface area (Å²) >= 11 is 0. The minimum atomic E-state index is -0.728. The molecule has 0 saturated heterocycles. The van der Waals surface area contributed by atoms with Crippen LogP contribution in [0.3, 0.4) is 0 Å². The molecule has 134 valence electrons. The summed E-state index contributed by atoms with van der Waals surface area (Å²) in [7, 11) is 0. The average molecular weight is 357 g/mol. The van der Waals surface area contributed by atoms with Crippen LogP contribution in [-0.4, -0.2) is 21.7 Å². The van der Waals surface area contributed by atoms with Crippen molar-refractivity contribution in [2.24, 2.45) is 0 Å². The number of aryl methyl sites for hydroxylation is 1. The van der Waals surface area contributed by atoms with Crippen LogP contribution in [0.1, 0.15) is 33.1 Å². The number of rotatable bonds is 4. The molecular weight excluding hydrogens is 338 g/mol. The van der Waals surface area contributed by atoms with Crippen LogP contribution in [-0.2, 0) is 11.3 Å². The summed E-state index contributed by atoms with van der Waals surface area (Å²) < 4.78 is 0. The molecule has 1 aliphatic rings. The molecule has 1 unspecified atom stereocenters. The Balaban J connectivity index is 1.67. The van der Waals surface area contributed by atoms with E-state index in [1.807, 2.05) is 61.5 Å². The van der Waals surface area contributed by atoms with E-state index >= 15 is 0 Å². The van der Waals surface area contributed by atoms with E-state index in [9.17, 15) is 9.59 Å². The lowest BCUT2D eigenvalue weighted by atomic mass is 10.0. The van der Waals surface area contributed by atoms with Crippen molar-refractivity contribution >= 4 is 17.6 Å². The molecule has 3 aromatic rings. The summed E-state index contributed by atoms with van der Waals surface area (Å²) in [4.78, 5) is 31.9. The van der Waals surface area contributed by atoms with Crippen molar-refractivity contribution in [3.63, 3.8) is 0 Å². The topological polar surface area (TPSA) is 62.3 Å². The molecule has 0 bridgehead atoms. The van der Waals surface area contributed by atoms with Gasteiger partial charge in [-0.2, -0.15) is 0 Å².